The SMILES string of the molecule is CCOC(=O)c1nc(NCC2CCN(C(=O)OC(C)(C)C)CC2)ccc1Br. The maximum atomic E-state index is 12.1. The lowest BCUT2D eigenvalue weighted by molar-refractivity contribution is 0.0188. The predicted molar refractivity (Wildman–Crippen MR) is 107 cm³/mol. The lowest BCUT2D eigenvalue weighted by Gasteiger charge is -2.33. The molecule has 0 aliphatic carbocycles. The van der Waals surface area contributed by atoms with Gasteiger partial charge in [0.15, 0.2) is 5.69 Å². The van der Waals surface area contributed by atoms with Crippen molar-refractivity contribution in [3.05, 3.63) is 22.3 Å². The molecule has 0 atom stereocenters. The fraction of sp³-hybridized carbons (Fsp3) is 0.632. The molecule has 1 N–H and O–H groups in total. The number of ether oxygens (including phenoxy) is 2. The zero-order chi connectivity index (χ0) is 20.0. The van der Waals surface area contributed by atoms with Gasteiger partial charge in [0, 0.05) is 19.6 Å². The van der Waals surface area contributed by atoms with E-state index in [0.717, 1.165) is 19.4 Å². The minimum atomic E-state index is -0.473. The number of anilines is 1. The Morgan fingerprint density at radius 1 is 1.30 bits per heavy atom. The van der Waals surface area contributed by atoms with E-state index in [1.54, 1.807) is 17.9 Å². The van der Waals surface area contributed by atoms with Gasteiger partial charge in [-0.15, -0.1) is 0 Å². The first kappa shape index (κ1) is 21.5. The van der Waals surface area contributed by atoms with Crippen molar-refractivity contribution >= 4 is 33.8 Å². The van der Waals surface area contributed by atoms with Crippen molar-refractivity contribution in [1.82, 2.24) is 9.88 Å². The van der Waals surface area contributed by atoms with E-state index < -0.39 is 11.6 Å². The van der Waals surface area contributed by atoms with Crippen LogP contribution in [0.1, 0.15) is 51.0 Å². The molecule has 1 aromatic rings. The lowest BCUT2D eigenvalue weighted by Crippen LogP contribution is -2.42. The van der Waals surface area contributed by atoms with E-state index in [2.05, 4.69) is 26.2 Å². The summed E-state index contributed by atoms with van der Waals surface area (Å²) in [5.41, 5.74) is -0.207. The molecule has 0 saturated carbocycles. The number of hydrogen-bond donors (Lipinski definition) is 1. The van der Waals surface area contributed by atoms with Gasteiger partial charge < -0.3 is 19.7 Å². The fourth-order valence-electron chi connectivity index (χ4n) is 2.78. The lowest BCUT2D eigenvalue weighted by atomic mass is 9.97. The van der Waals surface area contributed by atoms with Crippen LogP contribution in [0.3, 0.4) is 0 Å². The van der Waals surface area contributed by atoms with E-state index in [-0.39, 0.29) is 11.8 Å². The molecule has 1 amide bonds. The number of piperidine rings is 1. The minimum absolute atomic E-state index is 0.248. The Balaban J connectivity index is 1.84. The van der Waals surface area contributed by atoms with E-state index >= 15 is 0 Å². The number of hydrogen-bond acceptors (Lipinski definition) is 6. The number of halogens is 1. The molecular weight excluding hydrogens is 414 g/mol. The molecular formula is C19H28BrN3O4. The molecule has 8 heteroatoms. The van der Waals surface area contributed by atoms with Crippen LogP contribution in [0.2, 0.25) is 0 Å². The van der Waals surface area contributed by atoms with Crippen LogP contribution in [0.4, 0.5) is 10.6 Å². The third-order valence-corrected chi connectivity index (χ3v) is 4.79. The number of carbonyl (C=O) groups excluding carboxylic acids is 2. The number of esters is 1. The second-order valence-electron chi connectivity index (χ2n) is 7.54. The predicted octanol–water partition coefficient (Wildman–Crippen LogP) is 4.08. The summed E-state index contributed by atoms with van der Waals surface area (Å²) in [5, 5.41) is 3.29. The molecule has 1 aliphatic rings. The van der Waals surface area contributed by atoms with Crippen LogP contribution >= 0.6 is 15.9 Å². The highest BCUT2D eigenvalue weighted by Gasteiger charge is 2.26. The van der Waals surface area contributed by atoms with Gasteiger partial charge in [-0.2, -0.15) is 0 Å². The monoisotopic (exact) mass is 441 g/mol. The Morgan fingerprint density at radius 2 is 1.96 bits per heavy atom. The number of rotatable bonds is 5. The van der Waals surface area contributed by atoms with Crippen molar-refractivity contribution in [2.45, 2.75) is 46.1 Å². The Bertz CT molecular complexity index is 667. The fourth-order valence-corrected chi connectivity index (χ4v) is 3.16. The Hall–Kier alpha value is -1.83. The van der Waals surface area contributed by atoms with E-state index in [9.17, 15) is 9.59 Å². The smallest absolute Gasteiger partial charge is 0.410 e. The molecule has 1 fully saturated rings. The number of amides is 1. The third kappa shape index (κ3) is 6.68. The Kier molecular flexibility index (Phi) is 7.47. The van der Waals surface area contributed by atoms with Crippen LogP contribution in [0.15, 0.2) is 16.6 Å². The molecule has 150 valence electrons. The van der Waals surface area contributed by atoms with Crippen molar-refractivity contribution in [2.75, 3.05) is 31.6 Å². The average Bonchev–Trinajstić information content (AvgIpc) is 2.60. The van der Waals surface area contributed by atoms with Crippen LogP contribution in [0, 0.1) is 5.92 Å². The molecule has 0 aromatic carbocycles. The zero-order valence-electron chi connectivity index (χ0n) is 16.4. The van der Waals surface area contributed by atoms with E-state index in [0.29, 0.717) is 35.9 Å². The first-order chi connectivity index (χ1) is 12.7. The van der Waals surface area contributed by atoms with Gasteiger partial charge in [-0.25, -0.2) is 14.6 Å². The van der Waals surface area contributed by atoms with E-state index in [4.69, 9.17) is 9.47 Å². The Morgan fingerprint density at radius 3 is 2.56 bits per heavy atom. The average molecular weight is 442 g/mol. The summed E-state index contributed by atoms with van der Waals surface area (Å²) in [5.74, 6) is 0.620. The highest BCUT2D eigenvalue weighted by molar-refractivity contribution is 9.10. The summed E-state index contributed by atoms with van der Waals surface area (Å²) in [4.78, 5) is 30.2. The van der Waals surface area contributed by atoms with Gasteiger partial charge in [-0.3, -0.25) is 0 Å². The van der Waals surface area contributed by atoms with Crippen LogP contribution in [-0.2, 0) is 9.47 Å². The zero-order valence-corrected chi connectivity index (χ0v) is 18.0. The van der Waals surface area contributed by atoms with Gasteiger partial charge in [0.05, 0.1) is 11.1 Å². The summed E-state index contributed by atoms with van der Waals surface area (Å²) in [6.45, 7) is 9.79. The number of nitrogens with zero attached hydrogens (tertiary/aromatic N) is 2. The number of aromatic nitrogens is 1. The number of likely N-dealkylation sites (tertiary alicyclic amines) is 1. The third-order valence-electron chi connectivity index (χ3n) is 4.15. The highest BCUT2D eigenvalue weighted by atomic mass is 79.9. The van der Waals surface area contributed by atoms with E-state index in [1.165, 1.54) is 0 Å². The quantitative estimate of drug-likeness (QED) is 0.693. The first-order valence-electron chi connectivity index (χ1n) is 9.25. The maximum absolute atomic E-state index is 12.1. The largest absolute Gasteiger partial charge is 0.461 e. The van der Waals surface area contributed by atoms with Crippen LogP contribution in [-0.4, -0.2) is 53.8 Å². The number of carbonyl (C=O) groups is 2. The van der Waals surface area contributed by atoms with Gasteiger partial charge in [-0.1, -0.05) is 0 Å². The molecule has 1 aromatic heterocycles. The second kappa shape index (κ2) is 9.39. The molecule has 2 heterocycles. The Labute approximate surface area is 168 Å². The van der Waals surface area contributed by atoms with Gasteiger partial charge in [0.2, 0.25) is 0 Å². The van der Waals surface area contributed by atoms with Crippen molar-refractivity contribution in [1.29, 1.82) is 0 Å². The molecule has 27 heavy (non-hydrogen) atoms. The maximum Gasteiger partial charge on any atom is 0.410 e. The molecule has 1 saturated heterocycles. The van der Waals surface area contributed by atoms with Gasteiger partial charge in [0.1, 0.15) is 11.4 Å². The van der Waals surface area contributed by atoms with Crippen molar-refractivity contribution in [3.8, 4) is 0 Å². The van der Waals surface area contributed by atoms with Crippen molar-refractivity contribution in [2.24, 2.45) is 5.92 Å². The summed E-state index contributed by atoms with van der Waals surface area (Å²) >= 11 is 3.33. The van der Waals surface area contributed by atoms with Crippen molar-refractivity contribution in [3.63, 3.8) is 0 Å². The van der Waals surface area contributed by atoms with Crippen LogP contribution < -0.4 is 5.32 Å². The molecule has 2 rings (SSSR count). The second-order valence-corrected chi connectivity index (χ2v) is 8.39. The summed E-state index contributed by atoms with van der Waals surface area (Å²) in [6, 6.07) is 3.61. The minimum Gasteiger partial charge on any atom is -0.461 e. The summed E-state index contributed by atoms with van der Waals surface area (Å²) < 4.78 is 11.0. The number of pyridine rings is 1. The van der Waals surface area contributed by atoms with Gasteiger partial charge >= 0.3 is 12.1 Å². The molecule has 0 unspecified atom stereocenters. The van der Waals surface area contributed by atoms with E-state index in [1.807, 2.05) is 26.8 Å². The molecule has 1 aliphatic heterocycles. The molecule has 7 nitrogen and oxygen atoms in total. The summed E-state index contributed by atoms with van der Waals surface area (Å²) in [7, 11) is 0. The standard InChI is InChI=1S/C19H28BrN3O4/c1-5-26-17(24)16-14(20)6-7-15(22-16)21-12-13-8-10-23(11-9-13)18(25)27-19(2,3)4/h6-7,13H,5,8-12H2,1-4H3,(H,21,22). The van der Waals surface area contributed by atoms with Crippen LogP contribution in [0.25, 0.3) is 0 Å². The molecule has 0 radical (unpaired) electrons. The van der Waals surface area contributed by atoms with Crippen LogP contribution in [0.5, 0.6) is 0 Å². The summed E-state index contributed by atoms with van der Waals surface area (Å²) in [6.07, 6.45) is 1.55. The number of nitrogens with one attached hydrogen (secondary N) is 1. The molecule has 0 spiro atoms. The first-order valence-corrected chi connectivity index (χ1v) is 10.0. The topological polar surface area (TPSA) is 80.8 Å². The molecule has 0 bridgehead atoms. The highest BCUT2D eigenvalue weighted by Crippen LogP contribution is 2.22. The normalized spacial score (nSPS) is 15.4. The van der Waals surface area contributed by atoms with Crippen molar-refractivity contribution < 1.29 is 19.1 Å². The van der Waals surface area contributed by atoms with Gasteiger partial charge in [0.25, 0.3) is 0 Å². The van der Waals surface area contributed by atoms with Gasteiger partial charge in [-0.05, 0) is 74.5 Å².